The molecule has 0 fully saturated rings. The Morgan fingerprint density at radius 3 is 1.52 bits per heavy atom. The van der Waals surface area contributed by atoms with Gasteiger partial charge in [-0.05, 0) is 109 Å². The number of nitrogens with zero attached hydrogens (tertiary/aromatic N) is 1. The van der Waals surface area contributed by atoms with E-state index in [9.17, 15) is 0 Å². The fourth-order valence-corrected chi connectivity index (χ4v) is 8.63. The highest BCUT2D eigenvalue weighted by atomic mass is 16.3. The molecular formula is C54H35NO. The van der Waals surface area contributed by atoms with Gasteiger partial charge in [-0.1, -0.05) is 158 Å². The zero-order valence-corrected chi connectivity index (χ0v) is 30.6. The summed E-state index contributed by atoms with van der Waals surface area (Å²) in [5.74, 6) is 0. The minimum Gasteiger partial charge on any atom is -0.456 e. The number of hydrogen-bond acceptors (Lipinski definition) is 2. The number of furan rings is 1. The molecule has 0 bridgehead atoms. The van der Waals surface area contributed by atoms with Crippen LogP contribution in [0.25, 0.3) is 87.6 Å². The van der Waals surface area contributed by atoms with Crippen molar-refractivity contribution in [1.82, 2.24) is 0 Å². The highest BCUT2D eigenvalue weighted by Crippen LogP contribution is 2.45. The van der Waals surface area contributed by atoms with Crippen LogP contribution in [0.15, 0.2) is 217 Å². The van der Waals surface area contributed by atoms with Crippen LogP contribution in [-0.4, -0.2) is 0 Å². The number of benzene rings is 10. The SMILES string of the molecule is c1ccc(-c2ccc(N(c3ccc(-c4ccc5c6ccccc6c6c(ccc7oc8ccccc8c76)c5c4)cc3)c3ccccc3-c3ccccc3)cc2)cc1. The second kappa shape index (κ2) is 13.2. The van der Waals surface area contributed by atoms with E-state index in [4.69, 9.17) is 4.42 Å². The molecule has 10 aromatic carbocycles. The van der Waals surface area contributed by atoms with Crippen LogP contribution in [-0.2, 0) is 0 Å². The van der Waals surface area contributed by atoms with E-state index in [1.807, 2.05) is 6.07 Å². The van der Waals surface area contributed by atoms with E-state index in [0.717, 1.165) is 33.6 Å². The maximum atomic E-state index is 6.36. The second-order valence-corrected chi connectivity index (χ2v) is 14.4. The fraction of sp³-hybridized carbons (Fsp3) is 0. The molecular weight excluding hydrogens is 679 g/mol. The molecule has 11 aromatic rings. The summed E-state index contributed by atoms with van der Waals surface area (Å²) < 4.78 is 6.36. The van der Waals surface area contributed by atoms with Gasteiger partial charge in [0.2, 0.25) is 0 Å². The van der Waals surface area contributed by atoms with Gasteiger partial charge in [-0.25, -0.2) is 0 Å². The number of rotatable bonds is 6. The Hall–Kier alpha value is -7.42. The van der Waals surface area contributed by atoms with Gasteiger partial charge in [0.15, 0.2) is 0 Å². The van der Waals surface area contributed by atoms with Crippen LogP contribution in [0.1, 0.15) is 0 Å². The van der Waals surface area contributed by atoms with Crippen LogP contribution in [0.3, 0.4) is 0 Å². The maximum Gasteiger partial charge on any atom is 0.136 e. The summed E-state index contributed by atoms with van der Waals surface area (Å²) >= 11 is 0. The molecule has 2 heteroatoms. The first-order chi connectivity index (χ1) is 27.8. The topological polar surface area (TPSA) is 16.4 Å². The summed E-state index contributed by atoms with van der Waals surface area (Å²) in [7, 11) is 0. The van der Waals surface area contributed by atoms with Gasteiger partial charge in [0, 0.05) is 33.1 Å². The number of hydrogen-bond donors (Lipinski definition) is 0. The highest BCUT2D eigenvalue weighted by molar-refractivity contribution is 6.34. The molecule has 1 aromatic heterocycles. The predicted molar refractivity (Wildman–Crippen MR) is 237 cm³/mol. The lowest BCUT2D eigenvalue weighted by atomic mass is 9.90. The molecule has 0 unspecified atom stereocenters. The zero-order valence-electron chi connectivity index (χ0n) is 30.6. The lowest BCUT2D eigenvalue weighted by Gasteiger charge is -2.28. The molecule has 0 N–H and O–H groups in total. The van der Waals surface area contributed by atoms with E-state index in [2.05, 4.69) is 211 Å². The van der Waals surface area contributed by atoms with Crippen LogP contribution in [0.5, 0.6) is 0 Å². The lowest BCUT2D eigenvalue weighted by Crippen LogP contribution is -2.11. The Balaban J connectivity index is 1.06. The maximum absolute atomic E-state index is 6.36. The number of anilines is 3. The van der Waals surface area contributed by atoms with Crippen molar-refractivity contribution >= 4 is 71.3 Å². The van der Waals surface area contributed by atoms with Gasteiger partial charge < -0.3 is 9.32 Å². The molecule has 0 saturated carbocycles. The van der Waals surface area contributed by atoms with Crippen LogP contribution < -0.4 is 4.90 Å². The molecule has 262 valence electrons. The number of fused-ring (bicyclic) bond motifs is 10. The molecule has 0 amide bonds. The van der Waals surface area contributed by atoms with Gasteiger partial charge in [-0.3, -0.25) is 0 Å². The fourth-order valence-electron chi connectivity index (χ4n) is 8.63. The van der Waals surface area contributed by atoms with E-state index >= 15 is 0 Å². The summed E-state index contributed by atoms with van der Waals surface area (Å²) in [5, 5.41) is 9.80. The Kier molecular flexibility index (Phi) is 7.53. The van der Waals surface area contributed by atoms with Crippen molar-refractivity contribution in [2.45, 2.75) is 0 Å². The smallest absolute Gasteiger partial charge is 0.136 e. The molecule has 0 aliphatic carbocycles. The molecule has 2 nitrogen and oxygen atoms in total. The van der Waals surface area contributed by atoms with Gasteiger partial charge in [-0.15, -0.1) is 0 Å². The largest absolute Gasteiger partial charge is 0.456 e. The molecule has 11 rings (SSSR count). The van der Waals surface area contributed by atoms with Gasteiger partial charge in [0.1, 0.15) is 11.2 Å². The van der Waals surface area contributed by atoms with Crippen molar-refractivity contribution in [2.75, 3.05) is 4.90 Å². The normalized spacial score (nSPS) is 11.6. The molecule has 0 aliphatic heterocycles. The van der Waals surface area contributed by atoms with Gasteiger partial charge >= 0.3 is 0 Å². The monoisotopic (exact) mass is 713 g/mol. The Labute approximate surface area is 325 Å². The first-order valence-corrected chi connectivity index (χ1v) is 19.2. The summed E-state index contributed by atoms with van der Waals surface area (Å²) in [6.45, 7) is 0. The lowest BCUT2D eigenvalue weighted by molar-refractivity contribution is 0.669. The third kappa shape index (κ3) is 5.26. The van der Waals surface area contributed by atoms with Gasteiger partial charge in [0.25, 0.3) is 0 Å². The van der Waals surface area contributed by atoms with Crippen molar-refractivity contribution in [2.24, 2.45) is 0 Å². The average Bonchev–Trinajstić information content (AvgIpc) is 3.67. The molecule has 1 heterocycles. The summed E-state index contributed by atoms with van der Waals surface area (Å²) in [5.41, 5.74) is 12.3. The first-order valence-electron chi connectivity index (χ1n) is 19.2. The minimum absolute atomic E-state index is 0.917. The van der Waals surface area contributed by atoms with Crippen molar-refractivity contribution in [3.63, 3.8) is 0 Å². The van der Waals surface area contributed by atoms with Gasteiger partial charge in [0.05, 0.1) is 5.69 Å². The molecule has 56 heavy (non-hydrogen) atoms. The third-order valence-corrected chi connectivity index (χ3v) is 11.3. The summed E-state index contributed by atoms with van der Waals surface area (Å²) in [6.07, 6.45) is 0. The van der Waals surface area contributed by atoms with Crippen LogP contribution in [0.2, 0.25) is 0 Å². The number of para-hydroxylation sites is 2. The van der Waals surface area contributed by atoms with Crippen LogP contribution in [0.4, 0.5) is 17.1 Å². The first kappa shape index (κ1) is 32.0. The Morgan fingerprint density at radius 2 is 0.786 bits per heavy atom. The Bertz CT molecular complexity index is 3220. The van der Waals surface area contributed by atoms with E-state index in [1.54, 1.807) is 0 Å². The predicted octanol–water partition coefficient (Wildman–Crippen LogP) is 15.5. The van der Waals surface area contributed by atoms with Crippen molar-refractivity contribution in [1.29, 1.82) is 0 Å². The van der Waals surface area contributed by atoms with Crippen LogP contribution >= 0.6 is 0 Å². The molecule has 0 saturated heterocycles. The molecule has 0 spiro atoms. The minimum atomic E-state index is 0.917. The van der Waals surface area contributed by atoms with E-state index in [1.165, 1.54) is 71.1 Å². The van der Waals surface area contributed by atoms with Crippen LogP contribution in [0, 0.1) is 0 Å². The molecule has 0 atom stereocenters. The van der Waals surface area contributed by atoms with E-state index < -0.39 is 0 Å². The Morgan fingerprint density at radius 1 is 0.286 bits per heavy atom. The summed E-state index contributed by atoms with van der Waals surface area (Å²) in [4.78, 5) is 2.38. The van der Waals surface area contributed by atoms with Gasteiger partial charge in [-0.2, -0.15) is 0 Å². The second-order valence-electron chi connectivity index (χ2n) is 14.4. The average molecular weight is 714 g/mol. The standard InChI is InChI=1S/C54H35NO/c1-3-13-36(14-4-1)37-23-28-41(29-24-37)55(50-21-11-9-17-43(50)39-15-5-2-6-16-39)42-30-25-38(26-31-42)40-27-32-45-44-18-7-8-19-46(44)53-47(49(45)35-40)33-34-52-54(53)48-20-10-12-22-51(48)56-52/h1-35H. The van der Waals surface area contributed by atoms with E-state index in [-0.39, 0.29) is 0 Å². The summed E-state index contributed by atoms with van der Waals surface area (Å²) in [6, 6.07) is 76.4. The quantitative estimate of drug-likeness (QED) is 0.160. The van der Waals surface area contributed by atoms with E-state index in [0.29, 0.717) is 0 Å². The molecule has 0 aliphatic rings. The third-order valence-electron chi connectivity index (χ3n) is 11.3. The zero-order chi connectivity index (χ0) is 37.0. The molecule has 0 radical (unpaired) electrons. The van der Waals surface area contributed by atoms with Crippen molar-refractivity contribution < 1.29 is 4.42 Å². The van der Waals surface area contributed by atoms with Crippen molar-refractivity contribution in [3.8, 4) is 33.4 Å². The highest BCUT2D eigenvalue weighted by Gasteiger charge is 2.19. The van der Waals surface area contributed by atoms with Crippen molar-refractivity contribution in [3.05, 3.63) is 212 Å².